The van der Waals surface area contributed by atoms with E-state index in [-0.39, 0.29) is 0 Å². The third kappa shape index (κ3) is 6.36. The normalized spacial score (nSPS) is 10.7. The van der Waals surface area contributed by atoms with Gasteiger partial charge >= 0.3 is 0 Å². The van der Waals surface area contributed by atoms with Crippen molar-refractivity contribution >= 4 is 37.9 Å². The van der Waals surface area contributed by atoms with Crippen molar-refractivity contribution in [3.05, 3.63) is 48.0 Å². The standard InChI is InChI=1S/C21H28O2S3/c24-14-4-8-17-7-3-10-19(21(17)23-13-6-16-26)18-9-1-2-11-20(18)22-12-5-15-25/h1-3,7,9-11,24-26H,4-6,8,12-16H2. The molecule has 26 heavy (non-hydrogen) atoms. The SMILES string of the molecule is SCCCOc1ccccc1-c1cccc(CCCS)c1OCCCS. The van der Waals surface area contributed by atoms with Gasteiger partial charge in [0, 0.05) is 11.1 Å². The first kappa shape index (κ1) is 21.4. The molecule has 2 nitrogen and oxygen atoms in total. The minimum absolute atomic E-state index is 0.662. The second kappa shape index (κ2) is 12.5. The van der Waals surface area contributed by atoms with Gasteiger partial charge in [-0.25, -0.2) is 0 Å². The molecule has 0 saturated carbocycles. The van der Waals surface area contributed by atoms with Crippen molar-refractivity contribution in [3.8, 4) is 22.6 Å². The molecule has 0 atom stereocenters. The van der Waals surface area contributed by atoms with Crippen LogP contribution in [0, 0.1) is 0 Å². The highest BCUT2D eigenvalue weighted by Crippen LogP contribution is 2.39. The Morgan fingerprint density at radius 2 is 1.31 bits per heavy atom. The summed E-state index contributed by atoms with van der Waals surface area (Å²) >= 11 is 12.9. The third-order valence-electron chi connectivity index (χ3n) is 3.99. The van der Waals surface area contributed by atoms with Crippen molar-refractivity contribution in [2.45, 2.75) is 25.7 Å². The molecule has 0 aliphatic rings. The van der Waals surface area contributed by atoms with Gasteiger partial charge in [0.1, 0.15) is 11.5 Å². The lowest BCUT2D eigenvalue weighted by molar-refractivity contribution is 0.313. The van der Waals surface area contributed by atoms with Crippen LogP contribution in [-0.4, -0.2) is 30.5 Å². The number of ether oxygens (including phenoxy) is 2. The molecule has 0 heterocycles. The highest BCUT2D eigenvalue weighted by Gasteiger charge is 2.15. The van der Waals surface area contributed by atoms with Crippen molar-refractivity contribution in [3.63, 3.8) is 0 Å². The first-order chi connectivity index (χ1) is 12.8. The Morgan fingerprint density at radius 3 is 2.04 bits per heavy atom. The topological polar surface area (TPSA) is 18.5 Å². The van der Waals surface area contributed by atoms with E-state index >= 15 is 0 Å². The molecule has 0 saturated heterocycles. The lowest BCUT2D eigenvalue weighted by atomic mass is 9.98. The molecule has 0 amide bonds. The summed E-state index contributed by atoms with van der Waals surface area (Å²) in [5.74, 6) is 4.35. The van der Waals surface area contributed by atoms with Crippen LogP contribution in [0.15, 0.2) is 42.5 Å². The molecule has 0 aliphatic heterocycles. The third-order valence-corrected chi connectivity index (χ3v) is 4.94. The van der Waals surface area contributed by atoms with Gasteiger partial charge in [-0.1, -0.05) is 36.4 Å². The second-order valence-electron chi connectivity index (χ2n) is 5.97. The predicted octanol–water partition coefficient (Wildman–Crippen LogP) is 5.61. The van der Waals surface area contributed by atoms with E-state index in [2.05, 4.69) is 62.2 Å². The van der Waals surface area contributed by atoms with Crippen LogP contribution in [0.3, 0.4) is 0 Å². The number of thiol groups is 3. The monoisotopic (exact) mass is 408 g/mol. The Balaban J connectivity index is 2.37. The Kier molecular flexibility index (Phi) is 10.3. The Bertz CT molecular complexity index is 661. The zero-order valence-corrected chi connectivity index (χ0v) is 17.7. The van der Waals surface area contributed by atoms with E-state index in [1.54, 1.807) is 0 Å². The summed E-state index contributed by atoms with van der Waals surface area (Å²) in [7, 11) is 0. The molecule has 0 N–H and O–H groups in total. The quantitative estimate of drug-likeness (QED) is 0.313. The summed E-state index contributed by atoms with van der Waals surface area (Å²) in [6, 6.07) is 14.5. The molecule has 0 unspecified atom stereocenters. The van der Waals surface area contributed by atoms with Crippen LogP contribution in [0.5, 0.6) is 11.5 Å². The van der Waals surface area contributed by atoms with E-state index in [4.69, 9.17) is 9.47 Å². The molecule has 2 aromatic carbocycles. The molecule has 0 bridgehead atoms. The van der Waals surface area contributed by atoms with Gasteiger partial charge in [-0.15, -0.1) is 0 Å². The van der Waals surface area contributed by atoms with E-state index in [1.807, 2.05) is 18.2 Å². The maximum atomic E-state index is 6.20. The van der Waals surface area contributed by atoms with Crippen molar-refractivity contribution in [2.75, 3.05) is 30.5 Å². The molecule has 2 aromatic rings. The van der Waals surface area contributed by atoms with Crippen molar-refractivity contribution in [2.24, 2.45) is 0 Å². The molecular formula is C21H28O2S3. The average molecular weight is 409 g/mol. The molecule has 5 heteroatoms. The van der Waals surface area contributed by atoms with Crippen LogP contribution < -0.4 is 9.47 Å². The van der Waals surface area contributed by atoms with Gasteiger partial charge in [-0.3, -0.25) is 0 Å². The number of hydrogen-bond donors (Lipinski definition) is 3. The molecule has 0 aliphatic carbocycles. The smallest absolute Gasteiger partial charge is 0.130 e. The van der Waals surface area contributed by atoms with Gasteiger partial charge in [-0.05, 0) is 54.6 Å². The first-order valence-corrected chi connectivity index (χ1v) is 11.0. The van der Waals surface area contributed by atoms with E-state index in [0.29, 0.717) is 13.2 Å². The summed E-state index contributed by atoms with van der Waals surface area (Å²) < 4.78 is 12.2. The Morgan fingerprint density at radius 1 is 0.654 bits per heavy atom. The van der Waals surface area contributed by atoms with Gasteiger partial charge in [0.15, 0.2) is 0 Å². The lowest BCUT2D eigenvalue weighted by Gasteiger charge is -2.18. The number of benzene rings is 2. The highest BCUT2D eigenvalue weighted by molar-refractivity contribution is 7.80. The van der Waals surface area contributed by atoms with Gasteiger partial charge in [-0.2, -0.15) is 37.9 Å². The van der Waals surface area contributed by atoms with Gasteiger partial charge in [0.25, 0.3) is 0 Å². The fraction of sp³-hybridized carbons (Fsp3) is 0.429. The first-order valence-electron chi connectivity index (χ1n) is 9.11. The number of para-hydroxylation sites is 2. The fourth-order valence-corrected chi connectivity index (χ4v) is 3.15. The van der Waals surface area contributed by atoms with Crippen LogP contribution >= 0.6 is 37.9 Å². The summed E-state index contributed by atoms with van der Waals surface area (Å²) in [6.45, 7) is 1.33. The largest absolute Gasteiger partial charge is 0.493 e. The van der Waals surface area contributed by atoms with Gasteiger partial charge in [0.2, 0.25) is 0 Å². The molecule has 142 valence electrons. The molecule has 0 radical (unpaired) electrons. The van der Waals surface area contributed by atoms with Crippen molar-refractivity contribution in [1.29, 1.82) is 0 Å². The van der Waals surface area contributed by atoms with Crippen molar-refractivity contribution in [1.82, 2.24) is 0 Å². The molecule has 0 aromatic heterocycles. The second-order valence-corrected chi connectivity index (χ2v) is 7.31. The van der Waals surface area contributed by atoms with Crippen LogP contribution in [0.1, 0.15) is 24.8 Å². The fourth-order valence-electron chi connectivity index (χ4n) is 2.73. The maximum absolute atomic E-state index is 6.20. The van der Waals surface area contributed by atoms with E-state index in [9.17, 15) is 0 Å². The van der Waals surface area contributed by atoms with E-state index < -0.39 is 0 Å². The Hall–Kier alpha value is -0.910. The summed E-state index contributed by atoms with van der Waals surface area (Å²) in [6.07, 6.45) is 3.82. The van der Waals surface area contributed by atoms with Crippen LogP contribution in [0.2, 0.25) is 0 Å². The molecular weight excluding hydrogens is 380 g/mol. The minimum atomic E-state index is 0.662. The predicted molar refractivity (Wildman–Crippen MR) is 122 cm³/mol. The van der Waals surface area contributed by atoms with Gasteiger partial charge in [0.05, 0.1) is 13.2 Å². The summed E-state index contributed by atoms with van der Waals surface area (Å²) in [5.41, 5.74) is 3.38. The van der Waals surface area contributed by atoms with Crippen molar-refractivity contribution < 1.29 is 9.47 Å². The van der Waals surface area contributed by atoms with E-state index in [1.165, 1.54) is 5.56 Å². The van der Waals surface area contributed by atoms with Gasteiger partial charge < -0.3 is 9.47 Å². The summed E-state index contributed by atoms with van der Waals surface area (Å²) in [4.78, 5) is 0. The Labute approximate surface area is 173 Å². The van der Waals surface area contributed by atoms with Crippen LogP contribution in [0.25, 0.3) is 11.1 Å². The summed E-state index contributed by atoms with van der Waals surface area (Å²) in [5, 5.41) is 0. The van der Waals surface area contributed by atoms with Crippen LogP contribution in [-0.2, 0) is 6.42 Å². The zero-order chi connectivity index (χ0) is 18.6. The molecule has 2 rings (SSSR count). The average Bonchev–Trinajstić information content (AvgIpc) is 2.68. The molecule has 0 fully saturated rings. The highest BCUT2D eigenvalue weighted by atomic mass is 32.1. The molecule has 0 spiro atoms. The van der Waals surface area contributed by atoms with Crippen LogP contribution in [0.4, 0.5) is 0 Å². The number of rotatable bonds is 12. The van der Waals surface area contributed by atoms with E-state index in [0.717, 1.165) is 65.6 Å². The number of hydrogen-bond acceptors (Lipinski definition) is 5. The maximum Gasteiger partial charge on any atom is 0.130 e. The zero-order valence-electron chi connectivity index (χ0n) is 15.1. The lowest BCUT2D eigenvalue weighted by Crippen LogP contribution is -2.04. The minimum Gasteiger partial charge on any atom is -0.493 e. The number of aryl methyl sites for hydroxylation is 1.